The fourth-order valence-corrected chi connectivity index (χ4v) is 6.52. The van der Waals surface area contributed by atoms with Crippen LogP contribution in [-0.4, -0.2) is 9.55 Å². The third kappa shape index (κ3) is 7.66. The molecule has 4 aromatic rings. The smallest absolute Gasteiger partial charge is 0.192 e. The SMILES string of the molecule is CCCc1c(C)c(=O)c2ccc(CC(C)C(C)CCCCCCCCCc3[nH]c4ccccc4c(=O)c3C)cc2n1C#N. The van der Waals surface area contributed by atoms with E-state index in [4.69, 9.17) is 0 Å². The monoisotopic (exact) mass is 579 g/mol. The van der Waals surface area contributed by atoms with Crippen LogP contribution in [0.4, 0.5) is 0 Å². The number of nitrogens with one attached hydrogen (secondary N) is 1. The molecule has 2 aromatic carbocycles. The first-order valence-electron chi connectivity index (χ1n) is 16.4. The lowest BCUT2D eigenvalue weighted by atomic mass is 9.86. The summed E-state index contributed by atoms with van der Waals surface area (Å²) in [6.45, 7) is 10.6. The number of rotatable bonds is 15. The Morgan fingerprint density at radius 1 is 0.814 bits per heavy atom. The van der Waals surface area contributed by atoms with E-state index >= 15 is 0 Å². The molecule has 0 fully saturated rings. The van der Waals surface area contributed by atoms with Crippen molar-refractivity contribution in [1.29, 1.82) is 5.26 Å². The highest BCUT2D eigenvalue weighted by Gasteiger charge is 2.17. The van der Waals surface area contributed by atoms with E-state index in [1.165, 1.54) is 50.5 Å². The molecule has 0 radical (unpaired) electrons. The van der Waals surface area contributed by atoms with Crippen molar-refractivity contribution in [2.24, 2.45) is 11.8 Å². The maximum Gasteiger partial charge on any atom is 0.192 e. The normalized spacial score (nSPS) is 12.9. The van der Waals surface area contributed by atoms with Crippen LogP contribution in [0, 0.1) is 37.1 Å². The minimum absolute atomic E-state index is 0.0503. The van der Waals surface area contributed by atoms with Crippen LogP contribution in [-0.2, 0) is 19.3 Å². The van der Waals surface area contributed by atoms with Gasteiger partial charge in [0.25, 0.3) is 0 Å². The van der Waals surface area contributed by atoms with Crippen LogP contribution in [0.2, 0.25) is 0 Å². The third-order valence-corrected chi connectivity index (χ3v) is 9.54. The van der Waals surface area contributed by atoms with Gasteiger partial charge in [0.1, 0.15) is 0 Å². The Kier molecular flexibility index (Phi) is 11.4. The molecule has 0 saturated carbocycles. The van der Waals surface area contributed by atoms with Gasteiger partial charge in [-0.2, -0.15) is 5.26 Å². The van der Waals surface area contributed by atoms with Crippen molar-refractivity contribution in [3.8, 4) is 6.19 Å². The van der Waals surface area contributed by atoms with E-state index in [9.17, 15) is 14.9 Å². The highest BCUT2D eigenvalue weighted by Crippen LogP contribution is 2.25. The van der Waals surface area contributed by atoms with Crippen LogP contribution in [0.1, 0.15) is 107 Å². The molecule has 0 aliphatic rings. The lowest BCUT2D eigenvalue weighted by Gasteiger charge is -2.21. The molecular formula is C38H49N3O2. The molecule has 5 nitrogen and oxygen atoms in total. The Bertz CT molecular complexity index is 1710. The van der Waals surface area contributed by atoms with E-state index < -0.39 is 0 Å². The van der Waals surface area contributed by atoms with Crippen molar-refractivity contribution in [2.45, 2.75) is 112 Å². The minimum atomic E-state index is 0.0503. The number of hydrogen-bond acceptors (Lipinski definition) is 3. The summed E-state index contributed by atoms with van der Waals surface area (Å²) in [5.41, 5.74) is 6.59. The number of pyridine rings is 2. The van der Waals surface area contributed by atoms with Crippen molar-refractivity contribution < 1.29 is 0 Å². The first-order chi connectivity index (χ1) is 20.8. The second kappa shape index (κ2) is 15.2. The first kappa shape index (κ1) is 32.3. The van der Waals surface area contributed by atoms with Gasteiger partial charge in [-0.1, -0.05) is 90.3 Å². The molecule has 2 aromatic heterocycles. The number of aromatic amines is 1. The average molecular weight is 580 g/mol. The molecule has 0 bridgehead atoms. The van der Waals surface area contributed by atoms with Crippen molar-refractivity contribution in [2.75, 3.05) is 0 Å². The van der Waals surface area contributed by atoms with E-state index in [0.717, 1.165) is 65.5 Å². The predicted molar refractivity (Wildman–Crippen MR) is 180 cm³/mol. The number of nitriles is 1. The van der Waals surface area contributed by atoms with Gasteiger partial charge in [-0.25, -0.2) is 0 Å². The Morgan fingerprint density at radius 3 is 2.21 bits per heavy atom. The third-order valence-electron chi connectivity index (χ3n) is 9.54. The summed E-state index contributed by atoms with van der Waals surface area (Å²) in [6.07, 6.45) is 15.7. The van der Waals surface area contributed by atoms with E-state index in [1.54, 1.807) is 4.57 Å². The van der Waals surface area contributed by atoms with E-state index in [0.29, 0.717) is 22.8 Å². The van der Waals surface area contributed by atoms with Crippen molar-refractivity contribution in [1.82, 2.24) is 9.55 Å². The Balaban J connectivity index is 1.18. The maximum atomic E-state index is 13.0. The quantitative estimate of drug-likeness (QED) is 0.143. The second-order valence-electron chi connectivity index (χ2n) is 12.7. The van der Waals surface area contributed by atoms with Gasteiger partial charge in [-0.3, -0.25) is 14.2 Å². The number of aryl methyl sites for hydroxylation is 1. The second-order valence-corrected chi connectivity index (χ2v) is 12.7. The number of aromatic nitrogens is 2. The summed E-state index contributed by atoms with van der Waals surface area (Å²) < 4.78 is 1.68. The van der Waals surface area contributed by atoms with Gasteiger partial charge >= 0.3 is 0 Å². The zero-order valence-corrected chi connectivity index (χ0v) is 26.9. The zero-order valence-electron chi connectivity index (χ0n) is 26.9. The fourth-order valence-electron chi connectivity index (χ4n) is 6.52. The largest absolute Gasteiger partial charge is 0.358 e. The molecular weight excluding hydrogens is 530 g/mol. The number of benzene rings is 2. The molecule has 43 heavy (non-hydrogen) atoms. The van der Waals surface area contributed by atoms with Crippen LogP contribution < -0.4 is 10.9 Å². The van der Waals surface area contributed by atoms with Crippen LogP contribution in [0.5, 0.6) is 0 Å². The summed E-state index contributed by atoms with van der Waals surface area (Å²) in [7, 11) is 0. The number of hydrogen-bond donors (Lipinski definition) is 1. The zero-order chi connectivity index (χ0) is 30.9. The lowest BCUT2D eigenvalue weighted by Crippen LogP contribution is -2.17. The molecule has 2 unspecified atom stereocenters. The van der Waals surface area contributed by atoms with Gasteiger partial charge in [0.2, 0.25) is 0 Å². The number of H-pyrrole nitrogens is 1. The van der Waals surface area contributed by atoms with Crippen molar-refractivity contribution in [3.05, 3.63) is 91.0 Å². The molecule has 228 valence electrons. The predicted octanol–water partition coefficient (Wildman–Crippen LogP) is 8.92. The van der Waals surface area contributed by atoms with Gasteiger partial charge in [-0.15, -0.1) is 0 Å². The number of nitrogens with zero attached hydrogens (tertiary/aromatic N) is 2. The Labute approximate surface area is 257 Å². The number of unbranched alkanes of at least 4 members (excludes halogenated alkanes) is 6. The number of para-hydroxylation sites is 1. The van der Waals surface area contributed by atoms with Crippen molar-refractivity contribution in [3.63, 3.8) is 0 Å². The molecule has 2 heterocycles. The van der Waals surface area contributed by atoms with Crippen LogP contribution in [0.3, 0.4) is 0 Å². The minimum Gasteiger partial charge on any atom is -0.358 e. The van der Waals surface area contributed by atoms with Gasteiger partial charge in [0, 0.05) is 38.8 Å². The highest BCUT2D eigenvalue weighted by atomic mass is 16.1. The van der Waals surface area contributed by atoms with E-state index in [2.05, 4.69) is 44.1 Å². The molecule has 5 heteroatoms. The average Bonchev–Trinajstić information content (AvgIpc) is 3.01. The van der Waals surface area contributed by atoms with Crippen molar-refractivity contribution >= 4 is 21.8 Å². The summed E-state index contributed by atoms with van der Waals surface area (Å²) in [6, 6.07) is 13.9. The van der Waals surface area contributed by atoms with E-state index in [-0.39, 0.29) is 10.9 Å². The Morgan fingerprint density at radius 2 is 1.49 bits per heavy atom. The highest BCUT2D eigenvalue weighted by molar-refractivity contribution is 5.82. The van der Waals surface area contributed by atoms with Gasteiger partial charge in [0.15, 0.2) is 17.1 Å². The number of fused-ring (bicyclic) bond motifs is 2. The molecule has 0 aliphatic heterocycles. The molecule has 0 spiro atoms. The Hall–Kier alpha value is -3.65. The maximum absolute atomic E-state index is 13.0. The summed E-state index contributed by atoms with van der Waals surface area (Å²) in [5.74, 6) is 1.15. The lowest BCUT2D eigenvalue weighted by molar-refractivity contribution is 0.348. The molecule has 2 atom stereocenters. The molecule has 4 rings (SSSR count). The van der Waals surface area contributed by atoms with Crippen LogP contribution in [0.25, 0.3) is 21.8 Å². The summed E-state index contributed by atoms with van der Waals surface area (Å²) in [5, 5.41) is 11.3. The fraction of sp³-hybridized carbons (Fsp3) is 0.500. The standard InChI is InChI=1S/C38H49N3O2/c1-6-16-35-29(5)38(43)32-22-21-30(24-36(32)41(35)25-39)23-27(3)26(2)17-12-10-8-7-9-11-13-19-33-28(4)37(42)31-18-14-15-20-34(31)40-33/h14-15,18,20-22,24,26-27H,6-13,16-17,19,23H2,1-5H3,(H,40,42). The molecule has 0 aliphatic carbocycles. The molecule has 1 N–H and O–H groups in total. The van der Waals surface area contributed by atoms with Crippen LogP contribution in [0.15, 0.2) is 52.1 Å². The molecule has 0 amide bonds. The van der Waals surface area contributed by atoms with Gasteiger partial charge in [0.05, 0.1) is 5.52 Å². The topological polar surface area (TPSA) is 78.7 Å². The molecule has 0 saturated heterocycles. The van der Waals surface area contributed by atoms with E-state index in [1.807, 2.05) is 44.2 Å². The van der Waals surface area contributed by atoms with Gasteiger partial charge < -0.3 is 4.98 Å². The van der Waals surface area contributed by atoms with Crippen LogP contribution >= 0.6 is 0 Å². The van der Waals surface area contributed by atoms with Gasteiger partial charge in [-0.05, 0) is 81.2 Å². The summed E-state index contributed by atoms with van der Waals surface area (Å²) in [4.78, 5) is 29.1. The summed E-state index contributed by atoms with van der Waals surface area (Å²) >= 11 is 0. The first-order valence-corrected chi connectivity index (χ1v) is 16.4.